The number of benzene rings is 1. The van der Waals surface area contributed by atoms with E-state index in [0.717, 1.165) is 36.2 Å². The molecule has 1 heterocycles. The number of rotatable bonds is 6. The topological polar surface area (TPSA) is 58.1 Å². The molecule has 0 radical (unpaired) electrons. The summed E-state index contributed by atoms with van der Waals surface area (Å²) in [6.07, 6.45) is 5.36. The van der Waals surface area contributed by atoms with E-state index in [1.54, 1.807) is 12.4 Å². The van der Waals surface area contributed by atoms with Crippen LogP contribution in [0.5, 0.6) is 0 Å². The largest absolute Gasteiger partial charge is 0.344 e. The normalized spacial score (nSPS) is 10.4. The number of carbonyl (C=O) groups is 1. The van der Waals surface area contributed by atoms with Crippen molar-refractivity contribution in [1.29, 1.82) is 0 Å². The molecule has 23 heavy (non-hydrogen) atoms. The van der Waals surface area contributed by atoms with Crippen molar-refractivity contribution in [3.8, 4) is 0 Å². The van der Waals surface area contributed by atoms with E-state index in [4.69, 9.17) is 0 Å². The van der Waals surface area contributed by atoms with Gasteiger partial charge in [0.05, 0.1) is 5.56 Å². The molecule has 0 aliphatic carbocycles. The molecular weight excluding hydrogens is 288 g/mol. The summed E-state index contributed by atoms with van der Waals surface area (Å²) in [7, 11) is 1.96. The van der Waals surface area contributed by atoms with Gasteiger partial charge < -0.3 is 10.2 Å². The quantitative estimate of drug-likeness (QED) is 0.885. The number of hydrogen-bond donors (Lipinski definition) is 1. The lowest BCUT2D eigenvalue weighted by atomic mass is 10.1. The first-order chi connectivity index (χ1) is 11.0. The smallest absolute Gasteiger partial charge is 0.258 e. The number of hydrogen-bond acceptors (Lipinski definition) is 4. The molecule has 1 N–H and O–H groups in total. The van der Waals surface area contributed by atoms with Crippen molar-refractivity contribution >= 4 is 17.5 Å². The summed E-state index contributed by atoms with van der Waals surface area (Å²) < 4.78 is 0. The zero-order valence-electron chi connectivity index (χ0n) is 14.3. The molecule has 5 nitrogen and oxygen atoms in total. The highest BCUT2D eigenvalue weighted by atomic mass is 16.1. The van der Waals surface area contributed by atoms with Crippen molar-refractivity contribution in [1.82, 2.24) is 9.97 Å². The zero-order chi connectivity index (χ0) is 16.8. The van der Waals surface area contributed by atoms with E-state index in [-0.39, 0.29) is 5.91 Å². The Labute approximate surface area is 137 Å². The summed E-state index contributed by atoms with van der Waals surface area (Å²) in [4.78, 5) is 22.8. The van der Waals surface area contributed by atoms with Crippen LogP contribution in [0.3, 0.4) is 0 Å². The Morgan fingerprint density at radius 1 is 1.13 bits per heavy atom. The lowest BCUT2D eigenvalue weighted by molar-refractivity contribution is 0.102. The molecule has 0 aliphatic rings. The lowest BCUT2D eigenvalue weighted by Crippen LogP contribution is -2.21. The number of aryl methyl sites for hydroxylation is 2. The first kappa shape index (κ1) is 16.9. The molecule has 0 saturated carbocycles. The highest BCUT2D eigenvalue weighted by Crippen LogP contribution is 2.15. The fraction of sp³-hybridized carbons (Fsp3) is 0.389. The average molecular weight is 312 g/mol. The molecule has 0 saturated heterocycles. The summed E-state index contributed by atoms with van der Waals surface area (Å²) in [6, 6.07) is 5.96. The summed E-state index contributed by atoms with van der Waals surface area (Å²) in [5.74, 6) is 0.444. The molecule has 2 aromatic rings. The third-order valence-electron chi connectivity index (χ3n) is 3.57. The van der Waals surface area contributed by atoms with Crippen LogP contribution in [0.25, 0.3) is 0 Å². The van der Waals surface area contributed by atoms with Gasteiger partial charge in [-0.3, -0.25) is 4.79 Å². The van der Waals surface area contributed by atoms with E-state index in [2.05, 4.69) is 28.3 Å². The Balaban J connectivity index is 2.05. The SMILES string of the molecule is CCCCN(C)c1ncc(C(=O)Nc2cc(C)cc(C)c2)cn1. The number of nitrogens with zero attached hydrogens (tertiary/aromatic N) is 3. The van der Waals surface area contributed by atoms with Crippen molar-refractivity contribution in [3.05, 3.63) is 47.3 Å². The van der Waals surface area contributed by atoms with Crippen LogP contribution in [-0.2, 0) is 0 Å². The second-order valence-electron chi connectivity index (χ2n) is 5.88. The zero-order valence-corrected chi connectivity index (χ0v) is 14.3. The molecule has 1 aromatic carbocycles. The maximum atomic E-state index is 12.3. The number of aromatic nitrogens is 2. The van der Waals surface area contributed by atoms with Crippen LogP contribution < -0.4 is 10.2 Å². The Morgan fingerprint density at radius 2 is 1.74 bits per heavy atom. The number of carbonyl (C=O) groups excluding carboxylic acids is 1. The number of anilines is 2. The van der Waals surface area contributed by atoms with Gasteiger partial charge in [0.1, 0.15) is 0 Å². The summed E-state index contributed by atoms with van der Waals surface area (Å²) in [6.45, 7) is 7.07. The van der Waals surface area contributed by atoms with Gasteiger partial charge in [-0.05, 0) is 43.5 Å². The molecule has 1 aromatic heterocycles. The van der Waals surface area contributed by atoms with E-state index in [0.29, 0.717) is 11.5 Å². The summed E-state index contributed by atoms with van der Waals surface area (Å²) in [5.41, 5.74) is 3.47. The number of nitrogens with one attached hydrogen (secondary N) is 1. The minimum atomic E-state index is -0.197. The van der Waals surface area contributed by atoms with Gasteiger partial charge in [0.2, 0.25) is 5.95 Å². The number of unbranched alkanes of at least 4 members (excludes halogenated alkanes) is 1. The molecule has 2 rings (SSSR count). The summed E-state index contributed by atoms with van der Waals surface area (Å²) in [5, 5.41) is 2.89. The summed E-state index contributed by atoms with van der Waals surface area (Å²) >= 11 is 0. The van der Waals surface area contributed by atoms with Crippen molar-refractivity contribution in [2.24, 2.45) is 0 Å². The molecule has 0 atom stereocenters. The maximum Gasteiger partial charge on any atom is 0.258 e. The van der Waals surface area contributed by atoms with Gasteiger partial charge in [0.25, 0.3) is 5.91 Å². The molecule has 0 fully saturated rings. The Morgan fingerprint density at radius 3 is 2.30 bits per heavy atom. The van der Waals surface area contributed by atoms with Gasteiger partial charge in [0, 0.05) is 31.7 Å². The van der Waals surface area contributed by atoms with Gasteiger partial charge in [-0.15, -0.1) is 0 Å². The van der Waals surface area contributed by atoms with Gasteiger partial charge in [-0.25, -0.2) is 9.97 Å². The Kier molecular flexibility index (Phi) is 5.68. The second-order valence-corrected chi connectivity index (χ2v) is 5.88. The van der Waals surface area contributed by atoms with Crippen LogP contribution in [0.1, 0.15) is 41.3 Å². The van der Waals surface area contributed by atoms with Crippen molar-refractivity contribution in [3.63, 3.8) is 0 Å². The maximum absolute atomic E-state index is 12.3. The van der Waals surface area contributed by atoms with Crippen LogP contribution in [0.4, 0.5) is 11.6 Å². The van der Waals surface area contributed by atoms with Gasteiger partial charge in [0.15, 0.2) is 0 Å². The molecule has 0 spiro atoms. The molecule has 0 bridgehead atoms. The van der Waals surface area contributed by atoms with E-state index < -0.39 is 0 Å². The third kappa shape index (κ3) is 4.77. The first-order valence-corrected chi connectivity index (χ1v) is 7.92. The third-order valence-corrected chi connectivity index (χ3v) is 3.57. The second kappa shape index (κ2) is 7.72. The lowest BCUT2D eigenvalue weighted by Gasteiger charge is -2.16. The van der Waals surface area contributed by atoms with E-state index >= 15 is 0 Å². The van der Waals surface area contributed by atoms with Gasteiger partial charge in [-0.2, -0.15) is 0 Å². The van der Waals surface area contributed by atoms with Crippen molar-refractivity contribution < 1.29 is 4.79 Å². The highest BCUT2D eigenvalue weighted by Gasteiger charge is 2.10. The average Bonchev–Trinajstić information content (AvgIpc) is 2.51. The highest BCUT2D eigenvalue weighted by molar-refractivity contribution is 6.04. The number of amides is 1. The van der Waals surface area contributed by atoms with E-state index in [9.17, 15) is 4.79 Å². The standard InChI is InChI=1S/C18H24N4O/c1-5-6-7-22(4)18-19-11-15(12-20-18)17(23)21-16-9-13(2)8-14(3)10-16/h8-12H,5-7H2,1-4H3,(H,21,23). The minimum absolute atomic E-state index is 0.197. The Bertz CT molecular complexity index is 647. The van der Waals surface area contributed by atoms with Gasteiger partial charge >= 0.3 is 0 Å². The van der Waals surface area contributed by atoms with E-state index in [1.165, 1.54) is 0 Å². The van der Waals surface area contributed by atoms with Crippen LogP contribution in [0.2, 0.25) is 0 Å². The fourth-order valence-electron chi connectivity index (χ4n) is 2.38. The molecular formula is C18H24N4O. The predicted octanol–water partition coefficient (Wildman–Crippen LogP) is 3.58. The van der Waals surface area contributed by atoms with Crippen LogP contribution in [-0.4, -0.2) is 29.5 Å². The van der Waals surface area contributed by atoms with Crippen molar-refractivity contribution in [2.45, 2.75) is 33.6 Å². The van der Waals surface area contributed by atoms with Crippen LogP contribution in [0.15, 0.2) is 30.6 Å². The van der Waals surface area contributed by atoms with Crippen LogP contribution >= 0.6 is 0 Å². The van der Waals surface area contributed by atoms with E-state index in [1.807, 2.05) is 37.9 Å². The fourth-order valence-corrected chi connectivity index (χ4v) is 2.38. The molecule has 0 unspecified atom stereocenters. The molecule has 0 aliphatic heterocycles. The molecule has 5 heteroatoms. The predicted molar refractivity (Wildman–Crippen MR) is 94.1 cm³/mol. The monoisotopic (exact) mass is 312 g/mol. The van der Waals surface area contributed by atoms with Crippen LogP contribution in [0, 0.1) is 13.8 Å². The Hall–Kier alpha value is -2.43. The van der Waals surface area contributed by atoms with Crippen molar-refractivity contribution in [2.75, 3.05) is 23.8 Å². The first-order valence-electron chi connectivity index (χ1n) is 7.92. The molecule has 122 valence electrons. The molecule has 1 amide bonds. The van der Waals surface area contributed by atoms with Gasteiger partial charge in [-0.1, -0.05) is 19.4 Å². The minimum Gasteiger partial charge on any atom is -0.344 e.